The second-order valence-corrected chi connectivity index (χ2v) is 9.12. The number of primary amides is 1. The van der Waals surface area contributed by atoms with Crippen LogP contribution in [0.15, 0.2) is 23.3 Å². The van der Waals surface area contributed by atoms with Gasteiger partial charge < -0.3 is 26.2 Å². The van der Waals surface area contributed by atoms with Crippen LogP contribution in [0.2, 0.25) is 0 Å². The third-order valence-electron chi connectivity index (χ3n) is 6.75. The molecule has 10 heteroatoms. The fourth-order valence-electron chi connectivity index (χ4n) is 4.87. The number of aromatic nitrogens is 1. The Morgan fingerprint density at radius 1 is 1.24 bits per heavy atom. The molecule has 2 aliphatic rings. The number of carbonyl (C=O) groups is 2. The molecule has 0 atom stereocenters. The molecule has 0 spiro atoms. The number of amides is 2. The van der Waals surface area contributed by atoms with E-state index >= 15 is 0 Å². The Kier molecular flexibility index (Phi) is 10.2. The van der Waals surface area contributed by atoms with E-state index in [0.29, 0.717) is 19.0 Å². The minimum Gasteiger partial charge on any atom is -0.369 e. The van der Waals surface area contributed by atoms with E-state index in [1.54, 1.807) is 18.1 Å². The first kappa shape index (κ1) is 27.1. The van der Waals surface area contributed by atoms with Crippen molar-refractivity contribution in [2.75, 3.05) is 45.7 Å². The number of nitrogens with zero attached hydrogens (tertiary/aromatic N) is 4. The molecule has 2 fully saturated rings. The first-order chi connectivity index (χ1) is 15.4. The van der Waals surface area contributed by atoms with Gasteiger partial charge in [-0.05, 0) is 31.7 Å². The highest BCUT2D eigenvalue weighted by atomic mass is 127. The molecule has 2 amide bonds. The highest BCUT2D eigenvalue weighted by molar-refractivity contribution is 14.0. The van der Waals surface area contributed by atoms with Gasteiger partial charge in [0.25, 0.3) is 0 Å². The highest BCUT2D eigenvalue weighted by Crippen LogP contribution is 2.38. The van der Waals surface area contributed by atoms with Gasteiger partial charge in [0.15, 0.2) is 5.96 Å². The van der Waals surface area contributed by atoms with E-state index in [4.69, 9.17) is 5.73 Å². The number of anilines is 1. The molecule has 9 nitrogen and oxygen atoms in total. The number of hydrogen-bond acceptors (Lipinski definition) is 5. The SMILES string of the molecule is CN=C(NCc1cccnc1N1CCC(C(N)=O)CC1)NCC1(C(=O)N(C)C)CCCC1.I. The summed E-state index contributed by atoms with van der Waals surface area (Å²) in [5.41, 5.74) is 6.18. The number of nitrogens with two attached hydrogens (primary N) is 1. The molecular weight excluding hydrogens is 533 g/mol. The zero-order valence-electron chi connectivity index (χ0n) is 20.0. The summed E-state index contributed by atoms with van der Waals surface area (Å²) in [7, 11) is 5.39. The molecule has 1 aromatic rings. The van der Waals surface area contributed by atoms with Crippen LogP contribution in [0.3, 0.4) is 0 Å². The summed E-state index contributed by atoms with van der Waals surface area (Å²) in [4.78, 5) is 37.2. The molecule has 1 saturated carbocycles. The predicted octanol–water partition coefficient (Wildman–Crippen LogP) is 1.71. The van der Waals surface area contributed by atoms with Gasteiger partial charge in [-0.1, -0.05) is 18.9 Å². The zero-order chi connectivity index (χ0) is 23.1. The Balaban J connectivity index is 0.00000385. The van der Waals surface area contributed by atoms with Gasteiger partial charge in [-0.25, -0.2) is 4.98 Å². The summed E-state index contributed by atoms with van der Waals surface area (Å²) < 4.78 is 0. The molecule has 0 aromatic carbocycles. The third-order valence-corrected chi connectivity index (χ3v) is 6.75. The van der Waals surface area contributed by atoms with Gasteiger partial charge in [0, 0.05) is 65.0 Å². The Labute approximate surface area is 214 Å². The summed E-state index contributed by atoms with van der Waals surface area (Å²) >= 11 is 0. The van der Waals surface area contributed by atoms with Gasteiger partial charge in [-0.3, -0.25) is 14.6 Å². The summed E-state index contributed by atoms with van der Waals surface area (Å²) in [6.07, 6.45) is 7.28. The van der Waals surface area contributed by atoms with Crippen molar-refractivity contribution in [3.63, 3.8) is 0 Å². The number of piperidine rings is 1. The largest absolute Gasteiger partial charge is 0.369 e. The Morgan fingerprint density at radius 2 is 1.91 bits per heavy atom. The van der Waals surface area contributed by atoms with Crippen LogP contribution < -0.4 is 21.3 Å². The van der Waals surface area contributed by atoms with Gasteiger partial charge in [-0.2, -0.15) is 0 Å². The number of halogens is 1. The number of guanidine groups is 1. The second kappa shape index (κ2) is 12.4. The van der Waals surface area contributed by atoms with Crippen molar-refractivity contribution < 1.29 is 9.59 Å². The Morgan fingerprint density at radius 3 is 2.48 bits per heavy atom. The van der Waals surface area contributed by atoms with Crippen molar-refractivity contribution in [2.24, 2.45) is 22.1 Å². The standard InChI is InChI=1S/C23H37N7O2.HI/c1-25-22(28-16-23(10-4-5-11-23)21(32)29(2)3)27-15-18-7-6-12-26-20(18)30-13-8-17(9-14-30)19(24)31;/h6-7,12,17H,4-5,8-11,13-16H2,1-3H3,(H2,24,31)(H2,25,27,28);1H. The van der Waals surface area contributed by atoms with Gasteiger partial charge in [0.1, 0.15) is 5.82 Å². The average molecular weight is 572 g/mol. The molecule has 1 aromatic heterocycles. The summed E-state index contributed by atoms with van der Waals surface area (Å²) in [5, 5.41) is 6.76. The molecule has 184 valence electrons. The topological polar surface area (TPSA) is 116 Å². The summed E-state index contributed by atoms with van der Waals surface area (Å²) in [6, 6.07) is 3.98. The molecule has 33 heavy (non-hydrogen) atoms. The van der Waals surface area contributed by atoms with E-state index < -0.39 is 0 Å². The molecule has 1 saturated heterocycles. The number of rotatable bonds is 7. The lowest BCUT2D eigenvalue weighted by Gasteiger charge is -2.33. The van der Waals surface area contributed by atoms with Gasteiger partial charge in [-0.15, -0.1) is 24.0 Å². The van der Waals surface area contributed by atoms with Gasteiger partial charge in [0.2, 0.25) is 11.8 Å². The molecule has 0 bridgehead atoms. The Hall–Kier alpha value is -2.11. The normalized spacial score (nSPS) is 18.4. The van der Waals surface area contributed by atoms with E-state index in [2.05, 4.69) is 31.6 Å². The maximum absolute atomic E-state index is 12.8. The number of hydrogen-bond donors (Lipinski definition) is 3. The molecule has 1 aliphatic heterocycles. The fraction of sp³-hybridized carbons (Fsp3) is 0.652. The fourth-order valence-corrected chi connectivity index (χ4v) is 4.87. The molecule has 3 rings (SSSR count). The molecule has 0 radical (unpaired) electrons. The zero-order valence-corrected chi connectivity index (χ0v) is 22.3. The quantitative estimate of drug-likeness (QED) is 0.261. The van der Waals surface area contributed by atoms with Crippen LogP contribution in [-0.2, 0) is 16.1 Å². The minimum absolute atomic E-state index is 0. The third kappa shape index (κ3) is 6.70. The lowest BCUT2D eigenvalue weighted by molar-refractivity contribution is -0.138. The van der Waals surface area contributed by atoms with Gasteiger partial charge >= 0.3 is 0 Å². The van der Waals surface area contributed by atoms with Crippen LogP contribution in [-0.4, -0.2) is 68.4 Å². The number of carbonyl (C=O) groups excluding carboxylic acids is 2. The number of pyridine rings is 1. The second-order valence-electron chi connectivity index (χ2n) is 9.12. The van der Waals surface area contributed by atoms with Crippen molar-refractivity contribution in [2.45, 2.75) is 45.1 Å². The molecular formula is C23H38IN7O2. The first-order valence-electron chi connectivity index (χ1n) is 11.5. The van der Waals surface area contributed by atoms with E-state index in [1.165, 1.54) is 0 Å². The van der Waals surface area contributed by atoms with Crippen LogP contribution in [0.25, 0.3) is 0 Å². The molecule has 4 N–H and O–H groups in total. The highest BCUT2D eigenvalue weighted by Gasteiger charge is 2.42. The van der Waals surface area contributed by atoms with E-state index in [0.717, 1.165) is 63.0 Å². The van der Waals surface area contributed by atoms with Crippen LogP contribution in [0, 0.1) is 11.3 Å². The molecule has 0 unspecified atom stereocenters. The summed E-state index contributed by atoms with van der Waals surface area (Å²) in [5.74, 6) is 1.52. The average Bonchev–Trinajstić information content (AvgIpc) is 3.29. The van der Waals surface area contributed by atoms with Gasteiger partial charge in [0.05, 0.1) is 5.41 Å². The smallest absolute Gasteiger partial charge is 0.230 e. The van der Waals surface area contributed by atoms with E-state index in [-0.39, 0.29) is 47.1 Å². The first-order valence-corrected chi connectivity index (χ1v) is 11.5. The van der Waals surface area contributed by atoms with Crippen molar-refractivity contribution in [1.29, 1.82) is 0 Å². The molecule has 1 aliphatic carbocycles. The van der Waals surface area contributed by atoms with E-state index in [9.17, 15) is 9.59 Å². The maximum atomic E-state index is 12.8. The molecule has 2 heterocycles. The number of aliphatic imine (C=N–C) groups is 1. The van der Waals surface area contributed by atoms with Crippen molar-refractivity contribution in [3.05, 3.63) is 23.9 Å². The summed E-state index contributed by atoms with van der Waals surface area (Å²) in [6.45, 7) is 2.66. The van der Waals surface area contributed by atoms with Crippen LogP contribution in [0.4, 0.5) is 5.82 Å². The monoisotopic (exact) mass is 571 g/mol. The van der Waals surface area contributed by atoms with Crippen molar-refractivity contribution in [3.8, 4) is 0 Å². The van der Waals surface area contributed by atoms with E-state index in [1.807, 2.05) is 20.2 Å². The predicted molar refractivity (Wildman–Crippen MR) is 142 cm³/mol. The van der Waals surface area contributed by atoms with Crippen molar-refractivity contribution in [1.82, 2.24) is 20.5 Å². The maximum Gasteiger partial charge on any atom is 0.230 e. The van der Waals surface area contributed by atoms with Crippen molar-refractivity contribution >= 4 is 47.6 Å². The lowest BCUT2D eigenvalue weighted by atomic mass is 9.84. The lowest BCUT2D eigenvalue weighted by Crippen LogP contribution is -2.49. The van der Waals surface area contributed by atoms with Crippen LogP contribution in [0.1, 0.15) is 44.1 Å². The van der Waals surface area contributed by atoms with Crippen LogP contribution >= 0.6 is 24.0 Å². The van der Waals surface area contributed by atoms with Crippen LogP contribution in [0.5, 0.6) is 0 Å². The number of nitrogens with one attached hydrogen (secondary N) is 2. The Bertz CT molecular complexity index is 832. The minimum atomic E-state index is -0.356.